The van der Waals surface area contributed by atoms with Crippen LogP contribution in [0.15, 0.2) is 66.7 Å². The van der Waals surface area contributed by atoms with E-state index < -0.39 is 5.60 Å². The fraction of sp³-hybridized carbons (Fsp3) is 0.250. The standard InChI is InChI=1S/C24H21NO3/c26-22(15-18-9-5-8-17-7-1-2-10-19(17)18)25-14-6-13-24(16-25)21-12-4-3-11-20(21)23(27)28-24/h1-5,7-12H,6,13-16H2. The van der Waals surface area contributed by atoms with Gasteiger partial charge in [-0.3, -0.25) is 4.79 Å². The molecule has 1 amide bonds. The third-order valence-electron chi connectivity index (χ3n) is 5.96. The molecule has 3 aromatic carbocycles. The first-order chi connectivity index (χ1) is 13.7. The third kappa shape index (κ3) is 2.68. The molecule has 2 aliphatic heterocycles. The van der Waals surface area contributed by atoms with Gasteiger partial charge in [-0.1, -0.05) is 60.7 Å². The number of fused-ring (bicyclic) bond motifs is 3. The Hall–Kier alpha value is -3.14. The van der Waals surface area contributed by atoms with E-state index in [1.54, 1.807) is 0 Å². The maximum Gasteiger partial charge on any atom is 0.339 e. The molecule has 5 rings (SSSR count). The van der Waals surface area contributed by atoms with Gasteiger partial charge in [-0.2, -0.15) is 0 Å². The van der Waals surface area contributed by atoms with E-state index in [1.807, 2.05) is 53.4 Å². The minimum atomic E-state index is -0.694. The Balaban J connectivity index is 1.41. The molecule has 28 heavy (non-hydrogen) atoms. The second kappa shape index (κ2) is 6.48. The molecule has 0 radical (unpaired) electrons. The zero-order valence-electron chi connectivity index (χ0n) is 15.6. The number of nitrogens with zero attached hydrogens (tertiary/aromatic N) is 1. The summed E-state index contributed by atoms with van der Waals surface area (Å²) in [4.78, 5) is 27.3. The van der Waals surface area contributed by atoms with Crippen LogP contribution in [0.2, 0.25) is 0 Å². The van der Waals surface area contributed by atoms with E-state index in [-0.39, 0.29) is 11.9 Å². The molecule has 1 fully saturated rings. The summed E-state index contributed by atoms with van der Waals surface area (Å²) in [6.07, 6.45) is 1.93. The number of carbonyl (C=O) groups excluding carboxylic acids is 2. The Labute approximate surface area is 163 Å². The zero-order valence-corrected chi connectivity index (χ0v) is 15.6. The number of esters is 1. The Morgan fingerprint density at radius 2 is 1.79 bits per heavy atom. The van der Waals surface area contributed by atoms with Crippen molar-refractivity contribution in [3.8, 4) is 0 Å². The van der Waals surface area contributed by atoms with Crippen LogP contribution < -0.4 is 0 Å². The molecule has 4 heteroatoms. The van der Waals surface area contributed by atoms with E-state index in [0.717, 1.165) is 34.7 Å². The van der Waals surface area contributed by atoms with E-state index >= 15 is 0 Å². The van der Waals surface area contributed by atoms with Crippen molar-refractivity contribution in [1.82, 2.24) is 4.90 Å². The number of ether oxygens (including phenoxy) is 1. The molecule has 0 bridgehead atoms. The summed E-state index contributed by atoms with van der Waals surface area (Å²) in [6, 6.07) is 21.8. The molecule has 0 saturated carbocycles. The number of rotatable bonds is 2. The fourth-order valence-electron chi connectivity index (χ4n) is 4.61. The summed E-state index contributed by atoms with van der Waals surface area (Å²) in [6.45, 7) is 1.13. The summed E-state index contributed by atoms with van der Waals surface area (Å²) >= 11 is 0. The Kier molecular flexibility index (Phi) is 3.93. The van der Waals surface area contributed by atoms with Crippen LogP contribution in [0, 0.1) is 0 Å². The minimum absolute atomic E-state index is 0.0795. The second-order valence-corrected chi connectivity index (χ2v) is 7.66. The SMILES string of the molecule is O=C1OC2(CCCN(C(=O)Cc3cccc4ccccc34)C2)c2ccccc21. The van der Waals surface area contributed by atoms with Gasteiger partial charge in [0.05, 0.1) is 18.5 Å². The van der Waals surface area contributed by atoms with Crippen LogP contribution >= 0.6 is 0 Å². The van der Waals surface area contributed by atoms with Crippen molar-refractivity contribution in [3.05, 3.63) is 83.4 Å². The highest BCUT2D eigenvalue weighted by atomic mass is 16.6. The first-order valence-corrected chi connectivity index (χ1v) is 9.74. The van der Waals surface area contributed by atoms with Crippen LogP contribution in [-0.2, 0) is 21.6 Å². The van der Waals surface area contributed by atoms with Gasteiger partial charge in [0.25, 0.3) is 0 Å². The first kappa shape index (κ1) is 17.0. The van der Waals surface area contributed by atoms with Crippen molar-refractivity contribution in [2.45, 2.75) is 24.9 Å². The van der Waals surface area contributed by atoms with E-state index in [1.165, 1.54) is 0 Å². The Morgan fingerprint density at radius 1 is 1.00 bits per heavy atom. The average Bonchev–Trinajstić information content (AvgIpc) is 3.00. The quantitative estimate of drug-likeness (QED) is 0.638. The lowest BCUT2D eigenvalue weighted by Gasteiger charge is -2.39. The van der Waals surface area contributed by atoms with Gasteiger partial charge in [0.2, 0.25) is 5.91 Å². The van der Waals surface area contributed by atoms with E-state index in [9.17, 15) is 9.59 Å². The molecule has 4 nitrogen and oxygen atoms in total. The number of benzene rings is 3. The summed E-state index contributed by atoms with van der Waals surface area (Å²) in [7, 11) is 0. The second-order valence-electron chi connectivity index (χ2n) is 7.66. The summed E-state index contributed by atoms with van der Waals surface area (Å²) < 4.78 is 5.83. The number of likely N-dealkylation sites (tertiary alicyclic amines) is 1. The first-order valence-electron chi connectivity index (χ1n) is 9.74. The maximum atomic E-state index is 13.1. The van der Waals surface area contributed by atoms with Crippen LogP contribution in [0.5, 0.6) is 0 Å². The molecule has 0 N–H and O–H groups in total. The zero-order chi connectivity index (χ0) is 19.1. The van der Waals surface area contributed by atoms with Crippen LogP contribution in [0.3, 0.4) is 0 Å². The lowest BCUT2D eigenvalue weighted by molar-refractivity contribution is -0.138. The van der Waals surface area contributed by atoms with Crippen LogP contribution in [0.1, 0.15) is 34.3 Å². The predicted octanol–water partition coefficient (Wildman–Crippen LogP) is 4.07. The van der Waals surface area contributed by atoms with Crippen LogP contribution in [0.25, 0.3) is 10.8 Å². The lowest BCUT2D eigenvalue weighted by atomic mass is 9.85. The fourth-order valence-corrected chi connectivity index (χ4v) is 4.61. The smallest absolute Gasteiger partial charge is 0.339 e. The summed E-state index contributed by atoms with van der Waals surface area (Å²) in [5, 5.41) is 2.25. The number of amides is 1. The van der Waals surface area contributed by atoms with E-state index in [2.05, 4.69) is 18.2 Å². The van der Waals surface area contributed by atoms with Crippen molar-refractivity contribution in [2.24, 2.45) is 0 Å². The highest BCUT2D eigenvalue weighted by Gasteiger charge is 2.48. The Morgan fingerprint density at radius 3 is 2.71 bits per heavy atom. The molecular weight excluding hydrogens is 350 g/mol. The van der Waals surface area contributed by atoms with Crippen molar-refractivity contribution in [1.29, 1.82) is 0 Å². The molecule has 3 aromatic rings. The summed E-state index contributed by atoms with van der Waals surface area (Å²) in [5.41, 5.74) is 1.89. The number of piperidine rings is 1. The summed E-state index contributed by atoms with van der Waals surface area (Å²) in [5.74, 6) is -0.199. The van der Waals surface area contributed by atoms with Crippen molar-refractivity contribution < 1.29 is 14.3 Å². The third-order valence-corrected chi connectivity index (χ3v) is 5.96. The lowest BCUT2D eigenvalue weighted by Crippen LogP contribution is -2.49. The largest absolute Gasteiger partial charge is 0.449 e. The van der Waals surface area contributed by atoms with Gasteiger partial charge in [0, 0.05) is 12.1 Å². The van der Waals surface area contributed by atoms with Gasteiger partial charge in [-0.05, 0) is 35.2 Å². The number of hydrogen-bond donors (Lipinski definition) is 0. The Bertz CT molecular complexity index is 1080. The van der Waals surface area contributed by atoms with Gasteiger partial charge >= 0.3 is 5.97 Å². The van der Waals surface area contributed by atoms with Crippen molar-refractivity contribution in [3.63, 3.8) is 0 Å². The molecule has 0 aliphatic carbocycles. The topological polar surface area (TPSA) is 46.6 Å². The normalized spacial score (nSPS) is 21.0. The highest BCUT2D eigenvalue weighted by Crippen LogP contribution is 2.42. The molecule has 2 aliphatic rings. The molecule has 0 aromatic heterocycles. The number of carbonyl (C=O) groups is 2. The monoisotopic (exact) mass is 371 g/mol. The number of hydrogen-bond acceptors (Lipinski definition) is 3. The molecule has 2 heterocycles. The van der Waals surface area contributed by atoms with Gasteiger partial charge in [0.15, 0.2) is 5.60 Å². The molecule has 1 atom stereocenters. The average molecular weight is 371 g/mol. The minimum Gasteiger partial charge on any atom is -0.449 e. The van der Waals surface area contributed by atoms with Gasteiger partial charge < -0.3 is 9.64 Å². The molecule has 1 unspecified atom stereocenters. The van der Waals surface area contributed by atoms with Gasteiger partial charge in [-0.15, -0.1) is 0 Å². The molecule has 140 valence electrons. The van der Waals surface area contributed by atoms with Crippen molar-refractivity contribution >= 4 is 22.6 Å². The molecule has 1 spiro atoms. The van der Waals surface area contributed by atoms with Crippen LogP contribution in [-0.4, -0.2) is 29.9 Å². The van der Waals surface area contributed by atoms with Crippen molar-refractivity contribution in [2.75, 3.05) is 13.1 Å². The van der Waals surface area contributed by atoms with Gasteiger partial charge in [-0.25, -0.2) is 4.79 Å². The van der Waals surface area contributed by atoms with Gasteiger partial charge in [0.1, 0.15) is 0 Å². The van der Waals surface area contributed by atoms with E-state index in [4.69, 9.17) is 4.74 Å². The maximum absolute atomic E-state index is 13.1. The van der Waals surface area contributed by atoms with E-state index in [0.29, 0.717) is 25.1 Å². The molecular formula is C24H21NO3. The highest BCUT2D eigenvalue weighted by molar-refractivity contribution is 5.95. The molecule has 1 saturated heterocycles. The van der Waals surface area contributed by atoms with Crippen LogP contribution in [0.4, 0.5) is 0 Å². The predicted molar refractivity (Wildman–Crippen MR) is 107 cm³/mol.